The number of hydrogen-bond acceptors (Lipinski definition) is 5. The second kappa shape index (κ2) is 10.2. The molecule has 1 unspecified atom stereocenters. The summed E-state index contributed by atoms with van der Waals surface area (Å²) in [7, 11) is 1.50. The first-order valence-electron chi connectivity index (χ1n) is 11.0. The van der Waals surface area contributed by atoms with Crippen molar-refractivity contribution < 1.29 is 32.5 Å². The molecular weight excluding hydrogens is 491 g/mol. The number of carbonyl (C=O) groups is 1. The standard InChI is InChI=1S/C26H22F3N3O5/c1-16-14-20(36-15-22(33)34)12-13-21(16)37-23(17-6-4-3-5-7-17)24-30-32(25(35)31(24)2)19-10-8-18(9-11-19)26(27,28)29/h3-14,23H,15H2,1-2H3,(H,33,34). The molecule has 1 heterocycles. The zero-order valence-electron chi connectivity index (χ0n) is 19.8. The van der Waals surface area contributed by atoms with Gasteiger partial charge in [0.05, 0.1) is 11.3 Å². The molecule has 1 N–H and O–H groups in total. The van der Waals surface area contributed by atoms with Gasteiger partial charge in [-0.25, -0.2) is 9.59 Å². The van der Waals surface area contributed by atoms with Gasteiger partial charge in [-0.05, 0) is 55.0 Å². The van der Waals surface area contributed by atoms with E-state index in [-0.39, 0.29) is 11.5 Å². The Kier molecular flexibility index (Phi) is 7.05. The Morgan fingerprint density at radius 3 is 2.32 bits per heavy atom. The number of carboxylic acid groups (broad SMARTS) is 1. The Morgan fingerprint density at radius 1 is 1.05 bits per heavy atom. The van der Waals surface area contributed by atoms with E-state index in [9.17, 15) is 22.8 Å². The first-order valence-corrected chi connectivity index (χ1v) is 11.0. The number of rotatable bonds is 8. The monoisotopic (exact) mass is 513 g/mol. The molecule has 1 aromatic heterocycles. The lowest BCUT2D eigenvalue weighted by atomic mass is 10.1. The number of carboxylic acids is 1. The van der Waals surface area contributed by atoms with Crippen molar-refractivity contribution in [1.82, 2.24) is 14.3 Å². The van der Waals surface area contributed by atoms with Crippen molar-refractivity contribution in [2.24, 2.45) is 7.05 Å². The number of hydrogen-bond donors (Lipinski definition) is 1. The van der Waals surface area contributed by atoms with E-state index >= 15 is 0 Å². The number of halogens is 3. The van der Waals surface area contributed by atoms with Crippen LogP contribution in [0.5, 0.6) is 11.5 Å². The lowest BCUT2D eigenvalue weighted by Gasteiger charge is -2.20. The highest BCUT2D eigenvalue weighted by Gasteiger charge is 2.30. The van der Waals surface area contributed by atoms with Crippen LogP contribution in [0.2, 0.25) is 0 Å². The van der Waals surface area contributed by atoms with Crippen molar-refractivity contribution in [3.05, 3.63) is 106 Å². The molecule has 0 fully saturated rings. The van der Waals surface area contributed by atoms with E-state index in [0.29, 0.717) is 22.6 Å². The Bertz CT molecular complexity index is 1460. The average molecular weight is 513 g/mol. The fourth-order valence-electron chi connectivity index (χ4n) is 3.65. The molecule has 0 aliphatic carbocycles. The van der Waals surface area contributed by atoms with Crippen molar-refractivity contribution in [1.29, 1.82) is 0 Å². The first kappa shape index (κ1) is 25.5. The third-order valence-electron chi connectivity index (χ3n) is 5.54. The van der Waals surface area contributed by atoms with Crippen LogP contribution in [0.3, 0.4) is 0 Å². The fourth-order valence-corrected chi connectivity index (χ4v) is 3.65. The topological polar surface area (TPSA) is 95.6 Å². The molecule has 0 spiro atoms. The van der Waals surface area contributed by atoms with Crippen molar-refractivity contribution in [3.63, 3.8) is 0 Å². The van der Waals surface area contributed by atoms with Crippen molar-refractivity contribution in [3.8, 4) is 17.2 Å². The Hall–Kier alpha value is -4.54. The molecule has 0 amide bonds. The van der Waals surface area contributed by atoms with Gasteiger partial charge in [0.25, 0.3) is 0 Å². The SMILES string of the molecule is Cc1cc(OCC(=O)O)ccc1OC(c1ccccc1)c1nn(-c2ccc(C(F)(F)F)cc2)c(=O)n1C. The second-order valence-corrected chi connectivity index (χ2v) is 8.17. The minimum Gasteiger partial charge on any atom is -0.482 e. The minimum absolute atomic E-state index is 0.169. The van der Waals surface area contributed by atoms with Gasteiger partial charge in [-0.2, -0.15) is 17.9 Å². The summed E-state index contributed by atoms with van der Waals surface area (Å²) in [5.41, 5.74) is 0.102. The maximum Gasteiger partial charge on any atom is 0.416 e. The molecule has 0 bridgehead atoms. The molecule has 0 aliphatic rings. The van der Waals surface area contributed by atoms with Crippen LogP contribution in [0.25, 0.3) is 5.69 Å². The van der Waals surface area contributed by atoms with Gasteiger partial charge in [-0.3, -0.25) is 4.57 Å². The molecule has 0 saturated carbocycles. The second-order valence-electron chi connectivity index (χ2n) is 8.17. The van der Waals surface area contributed by atoms with E-state index < -0.39 is 36.1 Å². The zero-order valence-corrected chi connectivity index (χ0v) is 19.8. The normalized spacial score (nSPS) is 12.2. The summed E-state index contributed by atoms with van der Waals surface area (Å²) in [5, 5.41) is 13.2. The number of aromatic nitrogens is 3. The Labute approximate surface area is 209 Å². The van der Waals surface area contributed by atoms with Gasteiger partial charge in [-0.1, -0.05) is 30.3 Å². The van der Waals surface area contributed by atoms with Crippen LogP contribution in [0.1, 0.15) is 28.6 Å². The summed E-state index contributed by atoms with van der Waals surface area (Å²) < 4.78 is 52.7. The predicted octanol–water partition coefficient (Wildman–Crippen LogP) is 4.53. The van der Waals surface area contributed by atoms with Crippen LogP contribution < -0.4 is 15.2 Å². The van der Waals surface area contributed by atoms with Crippen LogP contribution in [0.15, 0.2) is 77.6 Å². The number of ether oxygens (including phenoxy) is 2. The van der Waals surface area contributed by atoms with Gasteiger partial charge in [0.1, 0.15) is 11.5 Å². The van der Waals surface area contributed by atoms with Crippen LogP contribution in [0, 0.1) is 6.92 Å². The van der Waals surface area contributed by atoms with Crippen LogP contribution in [0.4, 0.5) is 13.2 Å². The number of aryl methyl sites for hydroxylation is 1. The van der Waals surface area contributed by atoms with Gasteiger partial charge >= 0.3 is 17.8 Å². The van der Waals surface area contributed by atoms with Gasteiger partial charge < -0.3 is 14.6 Å². The zero-order chi connectivity index (χ0) is 26.7. The third kappa shape index (κ3) is 5.66. The van der Waals surface area contributed by atoms with Crippen LogP contribution >= 0.6 is 0 Å². The summed E-state index contributed by atoms with van der Waals surface area (Å²) in [6.07, 6.45) is -5.35. The molecule has 0 saturated heterocycles. The molecule has 4 rings (SSSR count). The third-order valence-corrected chi connectivity index (χ3v) is 5.54. The highest BCUT2D eigenvalue weighted by Crippen LogP contribution is 2.32. The van der Waals surface area contributed by atoms with Crippen molar-refractivity contribution in [2.45, 2.75) is 19.2 Å². The fraction of sp³-hybridized carbons (Fsp3) is 0.192. The van der Waals surface area contributed by atoms with E-state index in [4.69, 9.17) is 14.6 Å². The van der Waals surface area contributed by atoms with Crippen molar-refractivity contribution >= 4 is 5.97 Å². The summed E-state index contributed by atoms with van der Waals surface area (Å²) in [6.45, 7) is 1.26. The quantitative estimate of drug-likeness (QED) is 0.372. The van der Waals surface area contributed by atoms with Gasteiger partial charge in [0.15, 0.2) is 18.5 Å². The molecule has 0 aliphatic heterocycles. The van der Waals surface area contributed by atoms with Gasteiger partial charge in [0, 0.05) is 12.6 Å². The highest BCUT2D eigenvalue weighted by molar-refractivity contribution is 5.68. The summed E-state index contributed by atoms with van der Waals surface area (Å²) in [5.74, 6) is -0.0936. The maximum absolute atomic E-state index is 13.0. The van der Waals surface area contributed by atoms with Crippen LogP contribution in [-0.2, 0) is 18.0 Å². The Morgan fingerprint density at radius 2 is 1.73 bits per heavy atom. The molecule has 37 heavy (non-hydrogen) atoms. The predicted molar refractivity (Wildman–Crippen MR) is 127 cm³/mol. The molecule has 8 nitrogen and oxygen atoms in total. The number of benzene rings is 3. The summed E-state index contributed by atoms with van der Waals surface area (Å²) in [4.78, 5) is 23.8. The molecule has 1 atom stereocenters. The molecule has 4 aromatic rings. The van der Waals surface area contributed by atoms with E-state index in [1.54, 1.807) is 49.4 Å². The molecule has 3 aromatic carbocycles. The van der Waals surface area contributed by atoms with Crippen molar-refractivity contribution in [2.75, 3.05) is 6.61 Å². The van der Waals surface area contributed by atoms with E-state index in [1.165, 1.54) is 23.7 Å². The summed E-state index contributed by atoms with van der Waals surface area (Å²) in [6, 6.07) is 18.0. The molecule has 11 heteroatoms. The molecular formula is C26H22F3N3O5. The molecule has 192 valence electrons. The minimum atomic E-state index is -4.50. The Balaban J connectivity index is 1.72. The van der Waals surface area contributed by atoms with E-state index in [0.717, 1.165) is 16.8 Å². The smallest absolute Gasteiger partial charge is 0.416 e. The van der Waals surface area contributed by atoms with Gasteiger partial charge in [-0.15, -0.1) is 5.10 Å². The largest absolute Gasteiger partial charge is 0.482 e. The average Bonchev–Trinajstić information content (AvgIpc) is 3.16. The maximum atomic E-state index is 13.0. The van der Waals surface area contributed by atoms with Crippen LogP contribution in [-0.4, -0.2) is 32.0 Å². The summed E-state index contributed by atoms with van der Waals surface area (Å²) >= 11 is 0. The number of nitrogens with zero attached hydrogens (tertiary/aromatic N) is 3. The van der Waals surface area contributed by atoms with E-state index in [1.807, 2.05) is 6.07 Å². The first-order chi connectivity index (χ1) is 17.5. The number of alkyl halides is 3. The number of aliphatic carboxylic acids is 1. The van der Waals surface area contributed by atoms with E-state index in [2.05, 4.69) is 5.10 Å². The molecule has 0 radical (unpaired) electrons. The lowest BCUT2D eigenvalue weighted by molar-refractivity contribution is -0.139. The highest BCUT2D eigenvalue weighted by atomic mass is 19.4. The van der Waals surface area contributed by atoms with Gasteiger partial charge in [0.2, 0.25) is 0 Å². The lowest BCUT2D eigenvalue weighted by Crippen LogP contribution is -2.23.